The second kappa shape index (κ2) is 5.15. The van der Waals surface area contributed by atoms with Crippen molar-refractivity contribution in [1.82, 2.24) is 4.90 Å². The summed E-state index contributed by atoms with van der Waals surface area (Å²) in [6, 6.07) is 0. The third-order valence-electron chi connectivity index (χ3n) is 4.15. The first-order chi connectivity index (χ1) is 8.03. The first kappa shape index (κ1) is 13.2. The van der Waals surface area contributed by atoms with Crippen LogP contribution in [0.3, 0.4) is 0 Å². The molecule has 0 aromatic carbocycles. The SMILES string of the molecule is CC(Cl)C1CCN(C(=O)C2(C)CCCO2)CC1. The van der Waals surface area contributed by atoms with E-state index in [0.717, 1.165) is 45.4 Å². The first-order valence-corrected chi connectivity index (χ1v) is 7.04. The lowest BCUT2D eigenvalue weighted by molar-refractivity contribution is -0.152. The van der Waals surface area contributed by atoms with Gasteiger partial charge in [-0.15, -0.1) is 11.6 Å². The molecule has 2 saturated heterocycles. The number of halogens is 1. The monoisotopic (exact) mass is 259 g/mol. The van der Waals surface area contributed by atoms with E-state index in [0.29, 0.717) is 5.92 Å². The van der Waals surface area contributed by atoms with Gasteiger partial charge in [0.2, 0.25) is 0 Å². The van der Waals surface area contributed by atoms with Crippen molar-refractivity contribution in [2.75, 3.05) is 19.7 Å². The highest BCUT2D eigenvalue weighted by molar-refractivity contribution is 6.20. The summed E-state index contributed by atoms with van der Waals surface area (Å²) in [4.78, 5) is 14.3. The van der Waals surface area contributed by atoms with E-state index >= 15 is 0 Å². The molecule has 2 heterocycles. The van der Waals surface area contributed by atoms with Crippen molar-refractivity contribution < 1.29 is 9.53 Å². The molecule has 2 unspecified atom stereocenters. The fourth-order valence-corrected chi connectivity index (χ4v) is 3.10. The molecule has 0 aromatic rings. The average Bonchev–Trinajstić information content (AvgIpc) is 2.76. The van der Waals surface area contributed by atoms with Crippen LogP contribution in [0.2, 0.25) is 0 Å². The summed E-state index contributed by atoms with van der Waals surface area (Å²) < 4.78 is 5.61. The molecule has 0 radical (unpaired) electrons. The van der Waals surface area contributed by atoms with Gasteiger partial charge in [-0.2, -0.15) is 0 Å². The molecule has 17 heavy (non-hydrogen) atoms. The Morgan fingerprint density at radius 1 is 1.47 bits per heavy atom. The van der Waals surface area contributed by atoms with Crippen LogP contribution in [0.1, 0.15) is 39.5 Å². The van der Waals surface area contributed by atoms with Crippen molar-refractivity contribution in [2.45, 2.75) is 50.5 Å². The van der Waals surface area contributed by atoms with Crippen LogP contribution < -0.4 is 0 Å². The molecule has 1 amide bonds. The highest BCUT2D eigenvalue weighted by Gasteiger charge is 2.41. The molecular weight excluding hydrogens is 238 g/mol. The van der Waals surface area contributed by atoms with Crippen LogP contribution in [0.15, 0.2) is 0 Å². The molecule has 0 aliphatic carbocycles. The maximum absolute atomic E-state index is 12.4. The van der Waals surface area contributed by atoms with Gasteiger partial charge >= 0.3 is 0 Å². The minimum absolute atomic E-state index is 0.177. The standard InChI is InChI=1S/C13H22ClNO2/c1-10(14)11-4-7-15(8-5-11)12(16)13(2)6-3-9-17-13/h10-11H,3-9H2,1-2H3. The Morgan fingerprint density at radius 2 is 2.12 bits per heavy atom. The molecule has 4 heteroatoms. The summed E-state index contributed by atoms with van der Waals surface area (Å²) in [5.41, 5.74) is -0.556. The fourth-order valence-electron chi connectivity index (χ4n) is 2.84. The van der Waals surface area contributed by atoms with Crippen molar-refractivity contribution in [1.29, 1.82) is 0 Å². The summed E-state index contributed by atoms with van der Waals surface area (Å²) in [6.45, 7) is 6.36. The maximum atomic E-state index is 12.4. The highest BCUT2D eigenvalue weighted by Crippen LogP contribution is 2.30. The highest BCUT2D eigenvalue weighted by atomic mass is 35.5. The molecule has 2 atom stereocenters. The number of carbonyl (C=O) groups is 1. The van der Waals surface area contributed by atoms with Gasteiger partial charge in [-0.05, 0) is 45.4 Å². The van der Waals surface area contributed by atoms with Crippen molar-refractivity contribution in [3.8, 4) is 0 Å². The predicted molar refractivity (Wildman–Crippen MR) is 68.2 cm³/mol. The van der Waals surface area contributed by atoms with Crippen LogP contribution in [0.4, 0.5) is 0 Å². The van der Waals surface area contributed by atoms with E-state index in [4.69, 9.17) is 16.3 Å². The van der Waals surface area contributed by atoms with E-state index in [1.54, 1.807) is 0 Å². The minimum Gasteiger partial charge on any atom is -0.365 e. The van der Waals surface area contributed by atoms with E-state index < -0.39 is 5.60 Å². The second-order valence-electron chi connectivity index (χ2n) is 5.49. The largest absolute Gasteiger partial charge is 0.365 e. The molecular formula is C13H22ClNO2. The van der Waals surface area contributed by atoms with Crippen molar-refractivity contribution in [2.24, 2.45) is 5.92 Å². The summed E-state index contributed by atoms with van der Waals surface area (Å²) in [5.74, 6) is 0.730. The lowest BCUT2D eigenvalue weighted by atomic mass is 9.92. The van der Waals surface area contributed by atoms with Gasteiger partial charge in [0.1, 0.15) is 5.60 Å². The zero-order valence-corrected chi connectivity index (χ0v) is 11.5. The number of carbonyl (C=O) groups excluding carboxylic acids is 1. The molecule has 98 valence electrons. The molecule has 0 bridgehead atoms. The van der Waals surface area contributed by atoms with E-state index in [2.05, 4.69) is 0 Å². The van der Waals surface area contributed by atoms with Gasteiger partial charge in [-0.1, -0.05) is 0 Å². The smallest absolute Gasteiger partial charge is 0.254 e. The lowest BCUT2D eigenvalue weighted by Gasteiger charge is -2.37. The van der Waals surface area contributed by atoms with Crippen molar-refractivity contribution in [3.63, 3.8) is 0 Å². The number of piperidine rings is 1. The summed E-state index contributed by atoms with van der Waals surface area (Å²) in [6.07, 6.45) is 3.90. The Labute approximate surface area is 108 Å². The number of hydrogen-bond donors (Lipinski definition) is 0. The van der Waals surface area contributed by atoms with Crippen LogP contribution in [-0.2, 0) is 9.53 Å². The summed E-state index contributed by atoms with van der Waals surface area (Å²) in [7, 11) is 0. The van der Waals surface area contributed by atoms with Gasteiger partial charge in [0.25, 0.3) is 5.91 Å². The van der Waals surface area contributed by atoms with Crippen molar-refractivity contribution >= 4 is 17.5 Å². The zero-order valence-electron chi connectivity index (χ0n) is 10.7. The van der Waals surface area contributed by atoms with Gasteiger partial charge in [0, 0.05) is 25.1 Å². The van der Waals surface area contributed by atoms with E-state index in [9.17, 15) is 4.79 Å². The quantitative estimate of drug-likeness (QED) is 0.713. The van der Waals surface area contributed by atoms with E-state index in [1.165, 1.54) is 0 Å². The van der Waals surface area contributed by atoms with Gasteiger partial charge < -0.3 is 9.64 Å². The van der Waals surface area contributed by atoms with Crippen LogP contribution in [-0.4, -0.2) is 41.5 Å². The number of alkyl halides is 1. The van der Waals surface area contributed by atoms with Gasteiger partial charge in [-0.25, -0.2) is 0 Å². The molecule has 0 spiro atoms. The van der Waals surface area contributed by atoms with Gasteiger partial charge in [0.05, 0.1) is 0 Å². The van der Waals surface area contributed by atoms with Gasteiger partial charge in [-0.3, -0.25) is 4.79 Å². The zero-order chi connectivity index (χ0) is 12.5. The first-order valence-electron chi connectivity index (χ1n) is 6.60. The molecule has 2 rings (SSSR count). The molecule has 2 fully saturated rings. The Kier molecular flexibility index (Phi) is 3.99. The number of ether oxygens (including phenoxy) is 1. The average molecular weight is 260 g/mol. The minimum atomic E-state index is -0.556. The molecule has 2 aliphatic heterocycles. The Bertz CT molecular complexity index is 279. The number of likely N-dealkylation sites (tertiary alicyclic amines) is 1. The van der Waals surface area contributed by atoms with Crippen LogP contribution in [0.5, 0.6) is 0 Å². The Balaban J connectivity index is 1.90. The predicted octanol–water partition coefficient (Wildman–Crippen LogP) is 2.42. The lowest BCUT2D eigenvalue weighted by Crippen LogP contribution is -2.50. The van der Waals surface area contributed by atoms with E-state index in [-0.39, 0.29) is 11.3 Å². The number of nitrogens with zero attached hydrogens (tertiary/aromatic N) is 1. The maximum Gasteiger partial charge on any atom is 0.254 e. The van der Waals surface area contributed by atoms with Crippen LogP contribution in [0, 0.1) is 5.92 Å². The molecule has 0 N–H and O–H groups in total. The fraction of sp³-hybridized carbons (Fsp3) is 0.923. The normalized spacial score (nSPS) is 32.8. The Morgan fingerprint density at radius 3 is 2.59 bits per heavy atom. The van der Waals surface area contributed by atoms with Crippen LogP contribution >= 0.6 is 11.6 Å². The summed E-state index contributed by atoms with van der Waals surface area (Å²) in [5, 5.41) is 0.213. The third-order valence-corrected chi connectivity index (χ3v) is 4.50. The number of rotatable bonds is 2. The molecule has 3 nitrogen and oxygen atoms in total. The molecule has 2 aliphatic rings. The van der Waals surface area contributed by atoms with Gasteiger partial charge in [0.15, 0.2) is 0 Å². The second-order valence-corrected chi connectivity index (χ2v) is 6.18. The summed E-state index contributed by atoms with van der Waals surface area (Å²) >= 11 is 6.11. The topological polar surface area (TPSA) is 29.5 Å². The van der Waals surface area contributed by atoms with Crippen LogP contribution in [0.25, 0.3) is 0 Å². The number of amides is 1. The number of hydrogen-bond acceptors (Lipinski definition) is 2. The molecule has 0 aromatic heterocycles. The van der Waals surface area contributed by atoms with Crippen molar-refractivity contribution in [3.05, 3.63) is 0 Å². The third kappa shape index (κ3) is 2.76. The van der Waals surface area contributed by atoms with E-state index in [1.807, 2.05) is 18.7 Å². The molecule has 0 saturated carbocycles. The Hall–Kier alpha value is -0.280.